The maximum absolute atomic E-state index is 12.3. The van der Waals surface area contributed by atoms with Gasteiger partial charge in [-0.3, -0.25) is 4.79 Å². The number of amides is 1. The molecular weight excluding hydrogens is 285 g/mol. The first kappa shape index (κ1) is 14.6. The Kier molecular flexibility index (Phi) is 4.71. The molecule has 104 valence electrons. The number of hydrogen-bond acceptors (Lipinski definition) is 2. The fourth-order valence-electron chi connectivity index (χ4n) is 2.32. The first-order chi connectivity index (χ1) is 8.99. The summed E-state index contributed by atoms with van der Waals surface area (Å²) in [5, 5.41) is 10.7. The highest BCUT2D eigenvalue weighted by molar-refractivity contribution is 6.36. The van der Waals surface area contributed by atoms with Crippen molar-refractivity contribution in [1.29, 1.82) is 0 Å². The highest BCUT2D eigenvalue weighted by Gasteiger charge is 2.27. The molecule has 1 aliphatic rings. The second kappa shape index (κ2) is 6.12. The van der Waals surface area contributed by atoms with E-state index in [0.717, 1.165) is 0 Å². The van der Waals surface area contributed by atoms with Crippen molar-refractivity contribution >= 4 is 29.1 Å². The molecule has 0 saturated carbocycles. The normalized spacial score (nSPS) is 23.5. The predicted octanol–water partition coefficient (Wildman–Crippen LogP) is 2.77. The molecule has 1 aromatic rings. The molecule has 1 aliphatic heterocycles. The largest absolute Gasteiger partial charge is 0.393 e. The number of hydrogen-bond donors (Lipinski definition) is 1. The molecule has 2 unspecified atom stereocenters. The molecule has 1 N–H and O–H groups in total. The van der Waals surface area contributed by atoms with E-state index in [1.165, 1.54) is 0 Å². The van der Waals surface area contributed by atoms with Crippen LogP contribution in [0.3, 0.4) is 0 Å². The average molecular weight is 302 g/mol. The number of benzene rings is 1. The third-order valence-electron chi connectivity index (χ3n) is 3.60. The number of nitrogens with zero attached hydrogens (tertiary/aromatic N) is 1. The summed E-state index contributed by atoms with van der Waals surface area (Å²) in [6, 6.07) is 5.23. The molecule has 5 heteroatoms. The van der Waals surface area contributed by atoms with Crippen molar-refractivity contribution in [3.63, 3.8) is 0 Å². The van der Waals surface area contributed by atoms with E-state index in [4.69, 9.17) is 23.2 Å². The first-order valence-corrected chi connectivity index (χ1v) is 7.13. The lowest BCUT2D eigenvalue weighted by Crippen LogP contribution is -2.45. The average Bonchev–Trinajstić information content (AvgIpc) is 2.37. The third-order valence-corrected chi connectivity index (χ3v) is 4.31. The lowest BCUT2D eigenvalue weighted by atomic mass is 9.96. The summed E-state index contributed by atoms with van der Waals surface area (Å²) < 4.78 is 0. The molecule has 0 spiro atoms. The van der Waals surface area contributed by atoms with Gasteiger partial charge in [-0.15, -0.1) is 0 Å². The maximum atomic E-state index is 12.3. The van der Waals surface area contributed by atoms with E-state index in [1.807, 2.05) is 6.92 Å². The molecular formula is C14H17Cl2NO2. The van der Waals surface area contributed by atoms with Gasteiger partial charge in [-0.1, -0.05) is 36.2 Å². The standard InChI is InChI=1S/C14H17Cl2NO2/c1-9-8-17(6-5-13(9)18)14(19)7-10-11(15)3-2-4-12(10)16/h2-4,9,13,18H,5-8H2,1H3. The van der Waals surface area contributed by atoms with Gasteiger partial charge in [-0.05, 0) is 30.0 Å². The lowest BCUT2D eigenvalue weighted by molar-refractivity contribution is -0.133. The summed E-state index contributed by atoms with van der Waals surface area (Å²) >= 11 is 12.1. The van der Waals surface area contributed by atoms with Crippen LogP contribution in [0.1, 0.15) is 18.9 Å². The van der Waals surface area contributed by atoms with Gasteiger partial charge in [0.1, 0.15) is 0 Å². The number of halogens is 2. The number of aliphatic hydroxyl groups excluding tert-OH is 1. The summed E-state index contributed by atoms with van der Waals surface area (Å²) in [7, 11) is 0. The van der Waals surface area contributed by atoms with Crippen LogP contribution in [0.25, 0.3) is 0 Å². The molecule has 0 aromatic heterocycles. The van der Waals surface area contributed by atoms with Crippen molar-refractivity contribution in [1.82, 2.24) is 4.90 Å². The number of aliphatic hydroxyl groups is 1. The first-order valence-electron chi connectivity index (χ1n) is 6.37. The predicted molar refractivity (Wildman–Crippen MR) is 76.5 cm³/mol. The molecule has 3 nitrogen and oxygen atoms in total. The van der Waals surface area contributed by atoms with E-state index in [0.29, 0.717) is 35.1 Å². The third kappa shape index (κ3) is 3.41. The minimum absolute atomic E-state index is 0.00810. The number of likely N-dealkylation sites (tertiary alicyclic amines) is 1. The Labute approximate surface area is 123 Å². The second-order valence-corrected chi connectivity index (χ2v) is 5.86. The van der Waals surface area contributed by atoms with Crippen LogP contribution in [0.2, 0.25) is 10.0 Å². The topological polar surface area (TPSA) is 40.5 Å². The number of rotatable bonds is 2. The van der Waals surface area contributed by atoms with Gasteiger partial charge in [0.2, 0.25) is 5.91 Å². The second-order valence-electron chi connectivity index (χ2n) is 5.05. The zero-order valence-electron chi connectivity index (χ0n) is 10.8. The minimum atomic E-state index is -0.312. The Morgan fingerprint density at radius 1 is 1.42 bits per heavy atom. The van der Waals surface area contributed by atoms with Crippen LogP contribution >= 0.6 is 23.2 Å². The van der Waals surface area contributed by atoms with Gasteiger partial charge >= 0.3 is 0 Å². The monoisotopic (exact) mass is 301 g/mol. The van der Waals surface area contributed by atoms with Gasteiger partial charge in [-0.2, -0.15) is 0 Å². The van der Waals surface area contributed by atoms with E-state index in [2.05, 4.69) is 0 Å². The van der Waals surface area contributed by atoms with Crippen LogP contribution < -0.4 is 0 Å². The molecule has 0 bridgehead atoms. The van der Waals surface area contributed by atoms with Crippen molar-refractivity contribution in [2.75, 3.05) is 13.1 Å². The SMILES string of the molecule is CC1CN(C(=O)Cc2c(Cl)cccc2Cl)CCC1O. The fraction of sp³-hybridized carbons (Fsp3) is 0.500. The molecule has 1 amide bonds. The Morgan fingerprint density at radius 2 is 2.05 bits per heavy atom. The van der Waals surface area contributed by atoms with Gasteiger partial charge < -0.3 is 10.0 Å². The van der Waals surface area contributed by atoms with Crippen molar-refractivity contribution in [3.05, 3.63) is 33.8 Å². The van der Waals surface area contributed by atoms with Crippen LogP contribution in [0.15, 0.2) is 18.2 Å². The van der Waals surface area contributed by atoms with Gasteiger partial charge in [0, 0.05) is 23.1 Å². The van der Waals surface area contributed by atoms with Crippen LogP contribution in [0, 0.1) is 5.92 Å². The summed E-state index contributed by atoms with van der Waals surface area (Å²) in [6.45, 7) is 3.13. The molecule has 2 atom stereocenters. The van der Waals surface area contributed by atoms with Gasteiger partial charge in [0.15, 0.2) is 0 Å². The van der Waals surface area contributed by atoms with E-state index >= 15 is 0 Å². The van der Waals surface area contributed by atoms with Crippen molar-refractivity contribution < 1.29 is 9.90 Å². The van der Waals surface area contributed by atoms with E-state index < -0.39 is 0 Å². The summed E-state index contributed by atoms with van der Waals surface area (Å²) in [5.41, 5.74) is 0.676. The molecule has 19 heavy (non-hydrogen) atoms. The van der Waals surface area contributed by atoms with Crippen LogP contribution in [0.4, 0.5) is 0 Å². The van der Waals surface area contributed by atoms with E-state index in [9.17, 15) is 9.90 Å². The summed E-state index contributed by atoms with van der Waals surface area (Å²) in [6.07, 6.45) is 0.526. The lowest BCUT2D eigenvalue weighted by Gasteiger charge is -2.34. The highest BCUT2D eigenvalue weighted by Crippen LogP contribution is 2.26. The van der Waals surface area contributed by atoms with Gasteiger partial charge in [0.05, 0.1) is 12.5 Å². The molecule has 0 aliphatic carbocycles. The van der Waals surface area contributed by atoms with Gasteiger partial charge in [0.25, 0.3) is 0 Å². The molecule has 0 radical (unpaired) electrons. The zero-order valence-corrected chi connectivity index (χ0v) is 12.3. The highest BCUT2D eigenvalue weighted by atomic mass is 35.5. The Morgan fingerprint density at radius 3 is 2.63 bits per heavy atom. The molecule has 1 saturated heterocycles. The van der Waals surface area contributed by atoms with Crippen LogP contribution in [-0.4, -0.2) is 35.1 Å². The number of piperidine rings is 1. The Hall–Kier alpha value is -0.770. The molecule has 2 rings (SSSR count). The Bertz CT molecular complexity index is 458. The fourth-order valence-corrected chi connectivity index (χ4v) is 2.86. The van der Waals surface area contributed by atoms with Crippen molar-refractivity contribution in [3.8, 4) is 0 Å². The Balaban J connectivity index is 2.05. The van der Waals surface area contributed by atoms with Crippen LogP contribution in [0.5, 0.6) is 0 Å². The van der Waals surface area contributed by atoms with Crippen LogP contribution in [-0.2, 0) is 11.2 Å². The van der Waals surface area contributed by atoms with Crippen molar-refractivity contribution in [2.24, 2.45) is 5.92 Å². The molecule has 1 aromatic carbocycles. The van der Waals surface area contributed by atoms with E-state index in [1.54, 1.807) is 23.1 Å². The van der Waals surface area contributed by atoms with E-state index in [-0.39, 0.29) is 24.3 Å². The zero-order chi connectivity index (χ0) is 14.0. The van der Waals surface area contributed by atoms with Gasteiger partial charge in [-0.25, -0.2) is 0 Å². The number of carbonyl (C=O) groups is 1. The number of carbonyl (C=O) groups excluding carboxylic acids is 1. The molecule has 1 heterocycles. The summed E-state index contributed by atoms with van der Waals surface area (Å²) in [4.78, 5) is 14.0. The molecule has 1 fully saturated rings. The summed E-state index contributed by atoms with van der Waals surface area (Å²) in [5.74, 6) is 0.119. The maximum Gasteiger partial charge on any atom is 0.227 e. The minimum Gasteiger partial charge on any atom is -0.393 e. The smallest absolute Gasteiger partial charge is 0.227 e. The quantitative estimate of drug-likeness (QED) is 0.912. The van der Waals surface area contributed by atoms with Crippen molar-refractivity contribution in [2.45, 2.75) is 25.9 Å².